The second kappa shape index (κ2) is 10.5. The molecular formula is C25H24F3N3O3S. The van der Waals surface area contributed by atoms with Gasteiger partial charge in [-0.2, -0.15) is 13.2 Å². The van der Waals surface area contributed by atoms with E-state index in [9.17, 15) is 22.8 Å². The lowest BCUT2D eigenvalue weighted by Crippen LogP contribution is -2.38. The minimum Gasteiger partial charge on any atom is -0.497 e. The molecule has 1 N–H and O–H groups in total. The molecule has 0 unspecified atom stereocenters. The van der Waals surface area contributed by atoms with Crippen molar-refractivity contribution in [3.8, 4) is 5.75 Å². The van der Waals surface area contributed by atoms with Crippen molar-refractivity contribution in [2.75, 3.05) is 20.2 Å². The number of rotatable bonds is 6. The van der Waals surface area contributed by atoms with Gasteiger partial charge in [0, 0.05) is 30.9 Å². The van der Waals surface area contributed by atoms with Crippen molar-refractivity contribution in [3.63, 3.8) is 0 Å². The third-order valence-electron chi connectivity index (χ3n) is 5.96. The Morgan fingerprint density at radius 3 is 2.46 bits per heavy atom. The minimum absolute atomic E-state index is 0.0463. The van der Waals surface area contributed by atoms with Crippen LogP contribution in [0.5, 0.6) is 5.75 Å². The number of ether oxygens (including phenoxy) is 1. The van der Waals surface area contributed by atoms with E-state index in [0.717, 1.165) is 22.4 Å². The third-order valence-corrected chi connectivity index (χ3v) is 6.97. The Morgan fingerprint density at radius 2 is 1.80 bits per heavy atom. The van der Waals surface area contributed by atoms with Crippen LogP contribution in [0.3, 0.4) is 0 Å². The van der Waals surface area contributed by atoms with E-state index in [4.69, 9.17) is 4.74 Å². The summed E-state index contributed by atoms with van der Waals surface area (Å²) in [6, 6.07) is 12.2. The molecule has 184 valence electrons. The van der Waals surface area contributed by atoms with Gasteiger partial charge in [-0.05, 0) is 42.7 Å². The van der Waals surface area contributed by atoms with Crippen molar-refractivity contribution in [1.82, 2.24) is 15.2 Å². The zero-order valence-corrected chi connectivity index (χ0v) is 19.8. The van der Waals surface area contributed by atoms with Gasteiger partial charge in [0.05, 0.1) is 23.2 Å². The Hall–Kier alpha value is -3.40. The van der Waals surface area contributed by atoms with E-state index in [1.54, 1.807) is 12.5 Å². The first kappa shape index (κ1) is 24.7. The summed E-state index contributed by atoms with van der Waals surface area (Å²) in [5.74, 6) is -0.111. The molecule has 0 saturated carbocycles. The second-order valence-corrected chi connectivity index (χ2v) is 9.10. The van der Waals surface area contributed by atoms with Gasteiger partial charge >= 0.3 is 6.18 Å². The highest BCUT2D eigenvalue weighted by atomic mass is 32.1. The number of hydrogen-bond donors (Lipinski definition) is 1. The second-order valence-electron chi connectivity index (χ2n) is 8.21. The summed E-state index contributed by atoms with van der Waals surface area (Å²) in [5.41, 5.74) is 0.00992. The molecule has 1 aliphatic heterocycles. The Morgan fingerprint density at radius 1 is 1.11 bits per heavy atom. The van der Waals surface area contributed by atoms with Crippen LogP contribution in [0.15, 0.2) is 53.9 Å². The van der Waals surface area contributed by atoms with E-state index in [2.05, 4.69) is 10.3 Å². The zero-order chi connectivity index (χ0) is 25.0. The molecular weight excluding hydrogens is 479 g/mol. The Kier molecular flexibility index (Phi) is 7.39. The van der Waals surface area contributed by atoms with Gasteiger partial charge in [-0.3, -0.25) is 9.59 Å². The van der Waals surface area contributed by atoms with Gasteiger partial charge in [-0.15, -0.1) is 11.3 Å². The Bertz CT molecular complexity index is 1190. The number of nitrogens with one attached hydrogen (secondary N) is 1. The largest absolute Gasteiger partial charge is 0.497 e. The number of carbonyl (C=O) groups is 2. The van der Waals surface area contributed by atoms with Crippen molar-refractivity contribution in [2.24, 2.45) is 0 Å². The summed E-state index contributed by atoms with van der Waals surface area (Å²) in [6.07, 6.45) is -3.45. The molecule has 0 spiro atoms. The minimum atomic E-state index is -4.59. The summed E-state index contributed by atoms with van der Waals surface area (Å²) in [7, 11) is 1.59. The fourth-order valence-corrected chi connectivity index (χ4v) is 4.98. The number of likely N-dealkylation sites (tertiary alicyclic amines) is 1. The van der Waals surface area contributed by atoms with Crippen molar-refractivity contribution < 1.29 is 27.5 Å². The number of benzene rings is 2. The van der Waals surface area contributed by atoms with E-state index in [1.807, 2.05) is 24.3 Å². The van der Waals surface area contributed by atoms with Crippen LogP contribution in [0.1, 0.15) is 55.7 Å². The summed E-state index contributed by atoms with van der Waals surface area (Å²) in [4.78, 5) is 31.2. The van der Waals surface area contributed by atoms with Crippen molar-refractivity contribution >= 4 is 23.2 Å². The highest BCUT2D eigenvalue weighted by Gasteiger charge is 2.36. The molecule has 2 amide bonds. The van der Waals surface area contributed by atoms with Gasteiger partial charge in [0.2, 0.25) is 0 Å². The molecule has 10 heteroatoms. The van der Waals surface area contributed by atoms with E-state index >= 15 is 0 Å². The summed E-state index contributed by atoms with van der Waals surface area (Å²) in [5, 5.41) is 5.34. The smallest absolute Gasteiger partial charge is 0.417 e. The van der Waals surface area contributed by atoms with Gasteiger partial charge < -0.3 is 15.0 Å². The van der Waals surface area contributed by atoms with Crippen molar-refractivity contribution in [2.45, 2.75) is 31.5 Å². The first-order valence-electron chi connectivity index (χ1n) is 11.1. The van der Waals surface area contributed by atoms with Crippen LogP contribution in [0.25, 0.3) is 0 Å². The molecule has 0 bridgehead atoms. The van der Waals surface area contributed by atoms with Crippen LogP contribution < -0.4 is 10.1 Å². The van der Waals surface area contributed by atoms with Gasteiger partial charge in [-0.1, -0.05) is 24.3 Å². The fourth-order valence-electron chi connectivity index (χ4n) is 4.01. The van der Waals surface area contributed by atoms with E-state index in [1.165, 1.54) is 34.4 Å². The standard InChI is InChI=1S/C25H24F3N3O3S/c1-34-18-8-6-16(7-9-18)14-29-22(32)21-15-35-23(30-21)17-10-12-31(13-11-17)24(33)19-4-2-3-5-20(19)25(26,27)28/h2-9,15,17H,10-14H2,1H3,(H,29,32). The van der Waals surface area contributed by atoms with Crippen LogP contribution in [0.4, 0.5) is 13.2 Å². The number of amides is 2. The van der Waals surface area contributed by atoms with E-state index < -0.39 is 17.6 Å². The molecule has 1 aliphatic rings. The first-order chi connectivity index (χ1) is 16.8. The van der Waals surface area contributed by atoms with Crippen LogP contribution in [0, 0.1) is 0 Å². The maximum absolute atomic E-state index is 13.3. The molecule has 1 fully saturated rings. The lowest BCUT2D eigenvalue weighted by Gasteiger charge is -2.31. The van der Waals surface area contributed by atoms with E-state index in [-0.39, 0.29) is 17.4 Å². The summed E-state index contributed by atoms with van der Waals surface area (Å²) in [6.45, 7) is 1.01. The number of halogens is 3. The maximum Gasteiger partial charge on any atom is 0.417 e. The molecule has 0 atom stereocenters. The molecule has 0 aliphatic carbocycles. The number of piperidine rings is 1. The predicted octanol–water partition coefficient (Wildman–Crippen LogP) is 5.12. The molecule has 1 aromatic heterocycles. The highest BCUT2D eigenvalue weighted by molar-refractivity contribution is 7.09. The molecule has 2 aromatic carbocycles. The number of thiazole rings is 1. The quantitative estimate of drug-likeness (QED) is 0.507. The molecule has 3 aromatic rings. The van der Waals surface area contributed by atoms with Crippen LogP contribution in [-0.4, -0.2) is 41.9 Å². The van der Waals surface area contributed by atoms with Crippen molar-refractivity contribution in [3.05, 3.63) is 81.3 Å². The molecule has 4 rings (SSSR count). The number of aromatic nitrogens is 1. The normalized spacial score (nSPS) is 14.6. The lowest BCUT2D eigenvalue weighted by molar-refractivity contribution is -0.138. The number of nitrogens with zero attached hydrogens (tertiary/aromatic N) is 2. The molecule has 1 saturated heterocycles. The third kappa shape index (κ3) is 5.82. The summed E-state index contributed by atoms with van der Waals surface area (Å²) < 4.78 is 45.0. The van der Waals surface area contributed by atoms with Crippen LogP contribution in [0.2, 0.25) is 0 Å². The molecule has 6 nitrogen and oxygen atoms in total. The average molecular weight is 504 g/mol. The molecule has 2 heterocycles. The number of carbonyl (C=O) groups excluding carboxylic acids is 2. The number of alkyl halides is 3. The SMILES string of the molecule is COc1ccc(CNC(=O)c2csc(C3CCN(C(=O)c4ccccc4C(F)(F)F)CC3)n2)cc1. The van der Waals surface area contributed by atoms with Gasteiger partial charge in [0.15, 0.2) is 0 Å². The molecule has 0 radical (unpaired) electrons. The van der Waals surface area contributed by atoms with Gasteiger partial charge in [0.25, 0.3) is 11.8 Å². The first-order valence-corrected chi connectivity index (χ1v) is 12.0. The summed E-state index contributed by atoms with van der Waals surface area (Å²) >= 11 is 1.38. The van der Waals surface area contributed by atoms with Crippen molar-refractivity contribution in [1.29, 1.82) is 0 Å². The maximum atomic E-state index is 13.3. The number of methoxy groups -OCH3 is 1. The lowest BCUT2D eigenvalue weighted by atomic mass is 9.96. The average Bonchev–Trinajstić information content (AvgIpc) is 3.37. The van der Waals surface area contributed by atoms with Crippen LogP contribution in [-0.2, 0) is 12.7 Å². The topological polar surface area (TPSA) is 71.5 Å². The van der Waals surface area contributed by atoms with Gasteiger partial charge in [-0.25, -0.2) is 4.98 Å². The van der Waals surface area contributed by atoms with E-state index in [0.29, 0.717) is 38.2 Å². The Balaban J connectivity index is 1.33. The highest BCUT2D eigenvalue weighted by Crippen LogP contribution is 2.34. The number of hydrogen-bond acceptors (Lipinski definition) is 5. The monoisotopic (exact) mass is 503 g/mol. The fraction of sp³-hybridized carbons (Fsp3) is 0.320. The zero-order valence-electron chi connectivity index (χ0n) is 19.0. The van der Waals surface area contributed by atoms with Gasteiger partial charge in [0.1, 0.15) is 11.4 Å². The Labute approximate surface area is 204 Å². The molecule has 35 heavy (non-hydrogen) atoms. The van der Waals surface area contributed by atoms with Crippen LogP contribution >= 0.6 is 11.3 Å². The predicted molar refractivity (Wildman–Crippen MR) is 126 cm³/mol.